The van der Waals surface area contributed by atoms with Crippen molar-refractivity contribution in [2.75, 3.05) is 40.0 Å². The van der Waals surface area contributed by atoms with Gasteiger partial charge in [0.1, 0.15) is 6.61 Å². The van der Waals surface area contributed by atoms with E-state index in [0.29, 0.717) is 0 Å². The molecule has 1 unspecified atom stereocenters. The summed E-state index contributed by atoms with van der Waals surface area (Å²) < 4.78 is 10.6. The lowest BCUT2D eigenvalue weighted by molar-refractivity contribution is -0.142. The topological polar surface area (TPSA) is 42.0 Å². The predicted octanol–water partition coefficient (Wildman–Crippen LogP) is 2.57. The minimum atomic E-state index is 0.104. The van der Waals surface area contributed by atoms with Crippen LogP contribution in [0.25, 0.3) is 0 Å². The van der Waals surface area contributed by atoms with Crippen LogP contribution in [-0.4, -0.2) is 67.8 Å². The van der Waals surface area contributed by atoms with E-state index >= 15 is 0 Å². The molecule has 5 nitrogen and oxygen atoms in total. The zero-order chi connectivity index (χ0) is 17.6. The van der Waals surface area contributed by atoms with Crippen LogP contribution < -0.4 is 0 Å². The van der Waals surface area contributed by atoms with Crippen LogP contribution in [-0.2, 0) is 20.8 Å². The molecule has 2 fully saturated rings. The van der Waals surface area contributed by atoms with Gasteiger partial charge >= 0.3 is 0 Å². The van der Waals surface area contributed by atoms with Gasteiger partial charge in [0.05, 0.1) is 0 Å². The Morgan fingerprint density at radius 3 is 2.64 bits per heavy atom. The SMILES string of the molecule is COCC(=O)N(C1CCOCC1)C1CCN(Cc2ccc(Cl)cc2)C1. The number of amides is 1. The van der Waals surface area contributed by atoms with Gasteiger partial charge in [-0.2, -0.15) is 0 Å². The lowest BCUT2D eigenvalue weighted by Crippen LogP contribution is -2.51. The number of halogens is 1. The van der Waals surface area contributed by atoms with Gasteiger partial charge in [0.25, 0.3) is 0 Å². The van der Waals surface area contributed by atoms with Crippen LogP contribution in [0.3, 0.4) is 0 Å². The molecule has 2 aliphatic heterocycles. The molecule has 1 aromatic carbocycles. The summed E-state index contributed by atoms with van der Waals surface area (Å²) >= 11 is 5.96. The van der Waals surface area contributed by atoms with Gasteiger partial charge in [-0.25, -0.2) is 0 Å². The standard InChI is InChI=1S/C19H27ClN2O3/c1-24-14-19(23)22(17-7-10-25-11-8-17)18-6-9-21(13-18)12-15-2-4-16(20)5-3-15/h2-5,17-18H,6-14H2,1H3. The number of carbonyl (C=O) groups excluding carboxylic acids is 1. The number of nitrogens with zero attached hydrogens (tertiary/aromatic N) is 2. The van der Waals surface area contributed by atoms with Gasteiger partial charge in [-0.1, -0.05) is 23.7 Å². The predicted molar refractivity (Wildman–Crippen MR) is 97.7 cm³/mol. The molecule has 6 heteroatoms. The number of hydrogen-bond acceptors (Lipinski definition) is 4. The average molecular weight is 367 g/mol. The highest BCUT2D eigenvalue weighted by atomic mass is 35.5. The molecule has 1 amide bonds. The first kappa shape index (κ1) is 18.6. The van der Waals surface area contributed by atoms with Crippen LogP contribution in [0.2, 0.25) is 5.02 Å². The summed E-state index contributed by atoms with van der Waals surface area (Å²) in [7, 11) is 1.58. The molecule has 0 N–H and O–H groups in total. The first-order chi connectivity index (χ1) is 12.2. The normalized spacial score (nSPS) is 22.2. The summed E-state index contributed by atoms with van der Waals surface area (Å²) in [6.45, 7) is 4.45. The number of methoxy groups -OCH3 is 1. The third kappa shape index (κ3) is 4.94. The van der Waals surface area contributed by atoms with Crippen LogP contribution in [0.15, 0.2) is 24.3 Å². The zero-order valence-corrected chi connectivity index (χ0v) is 15.6. The number of rotatable bonds is 6. The highest BCUT2D eigenvalue weighted by Gasteiger charge is 2.35. The molecule has 0 radical (unpaired) electrons. The zero-order valence-electron chi connectivity index (χ0n) is 14.8. The summed E-state index contributed by atoms with van der Waals surface area (Å²) in [5.74, 6) is 0.104. The van der Waals surface area contributed by atoms with Gasteiger partial charge in [-0.05, 0) is 37.0 Å². The van der Waals surface area contributed by atoms with Crippen molar-refractivity contribution in [2.24, 2.45) is 0 Å². The molecule has 0 spiro atoms. The maximum absolute atomic E-state index is 12.7. The van der Waals surface area contributed by atoms with Gasteiger partial charge in [0.2, 0.25) is 5.91 Å². The molecule has 138 valence electrons. The van der Waals surface area contributed by atoms with Gasteiger partial charge < -0.3 is 14.4 Å². The Bertz CT molecular complexity index is 560. The summed E-state index contributed by atoms with van der Waals surface area (Å²) in [4.78, 5) is 17.2. The summed E-state index contributed by atoms with van der Waals surface area (Å²) in [5, 5.41) is 0.763. The van der Waals surface area contributed by atoms with Crippen molar-refractivity contribution in [3.63, 3.8) is 0 Å². The van der Waals surface area contributed by atoms with E-state index in [-0.39, 0.29) is 24.6 Å². The Labute approximate surface area is 154 Å². The molecule has 3 rings (SSSR count). The first-order valence-electron chi connectivity index (χ1n) is 9.02. The maximum Gasteiger partial charge on any atom is 0.249 e. The second kappa shape index (κ2) is 8.99. The molecule has 0 aliphatic carbocycles. The Hall–Kier alpha value is -1.14. The third-order valence-corrected chi connectivity index (χ3v) is 5.35. The summed E-state index contributed by atoms with van der Waals surface area (Å²) in [5.41, 5.74) is 1.26. The first-order valence-corrected chi connectivity index (χ1v) is 9.40. The van der Waals surface area contributed by atoms with E-state index in [4.69, 9.17) is 21.1 Å². The van der Waals surface area contributed by atoms with Crippen molar-refractivity contribution in [1.29, 1.82) is 0 Å². The molecule has 2 saturated heterocycles. The van der Waals surface area contributed by atoms with Crippen molar-refractivity contribution < 1.29 is 14.3 Å². The minimum absolute atomic E-state index is 0.104. The number of ether oxygens (including phenoxy) is 2. The molecule has 1 atom stereocenters. The average Bonchev–Trinajstić information content (AvgIpc) is 3.06. The van der Waals surface area contributed by atoms with E-state index < -0.39 is 0 Å². The fraction of sp³-hybridized carbons (Fsp3) is 0.632. The lowest BCUT2D eigenvalue weighted by Gasteiger charge is -2.38. The van der Waals surface area contributed by atoms with Gasteiger partial charge in [0.15, 0.2) is 0 Å². The van der Waals surface area contributed by atoms with E-state index in [1.165, 1.54) is 5.56 Å². The smallest absolute Gasteiger partial charge is 0.249 e. The van der Waals surface area contributed by atoms with Crippen LogP contribution in [0.1, 0.15) is 24.8 Å². The van der Waals surface area contributed by atoms with Crippen LogP contribution in [0.4, 0.5) is 0 Å². The van der Waals surface area contributed by atoms with Crippen LogP contribution in [0, 0.1) is 0 Å². The summed E-state index contributed by atoms with van der Waals surface area (Å²) in [6, 6.07) is 8.54. The van der Waals surface area contributed by atoms with Crippen molar-refractivity contribution in [3.8, 4) is 0 Å². The van der Waals surface area contributed by atoms with E-state index in [1.54, 1.807) is 7.11 Å². The second-order valence-corrected chi connectivity index (χ2v) is 7.32. The molecular weight excluding hydrogens is 340 g/mol. The molecule has 25 heavy (non-hydrogen) atoms. The van der Waals surface area contributed by atoms with Gasteiger partial charge in [-0.15, -0.1) is 0 Å². The quantitative estimate of drug-likeness (QED) is 0.776. The Balaban J connectivity index is 1.63. The Morgan fingerprint density at radius 1 is 1.24 bits per heavy atom. The van der Waals surface area contributed by atoms with Gasteiger partial charge in [0, 0.05) is 57.1 Å². The third-order valence-electron chi connectivity index (χ3n) is 5.10. The van der Waals surface area contributed by atoms with Crippen LogP contribution >= 0.6 is 11.6 Å². The fourth-order valence-corrected chi connectivity index (χ4v) is 4.02. The van der Waals surface area contributed by atoms with Crippen molar-refractivity contribution in [1.82, 2.24) is 9.80 Å². The lowest BCUT2D eigenvalue weighted by atomic mass is 10.0. The molecule has 2 aliphatic rings. The number of carbonyl (C=O) groups is 1. The molecular formula is C19H27ClN2O3. The molecule has 1 aromatic rings. The largest absolute Gasteiger partial charge is 0.381 e. The second-order valence-electron chi connectivity index (χ2n) is 6.88. The highest BCUT2D eigenvalue weighted by Crippen LogP contribution is 2.25. The Kier molecular flexibility index (Phi) is 6.70. The fourth-order valence-electron chi connectivity index (χ4n) is 3.90. The number of hydrogen-bond donors (Lipinski definition) is 0. The van der Waals surface area contributed by atoms with E-state index in [1.807, 2.05) is 12.1 Å². The van der Waals surface area contributed by atoms with Gasteiger partial charge in [-0.3, -0.25) is 9.69 Å². The highest BCUT2D eigenvalue weighted by molar-refractivity contribution is 6.30. The summed E-state index contributed by atoms with van der Waals surface area (Å²) in [6.07, 6.45) is 2.85. The molecule has 2 heterocycles. The van der Waals surface area contributed by atoms with E-state index in [0.717, 1.165) is 57.1 Å². The van der Waals surface area contributed by atoms with E-state index in [9.17, 15) is 4.79 Å². The molecule has 0 bridgehead atoms. The molecule has 0 aromatic heterocycles. The monoisotopic (exact) mass is 366 g/mol. The van der Waals surface area contributed by atoms with Crippen LogP contribution in [0.5, 0.6) is 0 Å². The van der Waals surface area contributed by atoms with Crippen molar-refractivity contribution >= 4 is 17.5 Å². The van der Waals surface area contributed by atoms with E-state index in [2.05, 4.69) is 21.9 Å². The Morgan fingerprint density at radius 2 is 1.96 bits per heavy atom. The van der Waals surface area contributed by atoms with Crippen molar-refractivity contribution in [3.05, 3.63) is 34.9 Å². The minimum Gasteiger partial charge on any atom is -0.381 e. The maximum atomic E-state index is 12.7. The molecule has 0 saturated carbocycles. The number of benzene rings is 1. The van der Waals surface area contributed by atoms with Crippen molar-refractivity contribution in [2.45, 2.75) is 37.9 Å². The number of likely N-dealkylation sites (tertiary alicyclic amines) is 1.